The van der Waals surface area contributed by atoms with Crippen molar-refractivity contribution >= 4 is 5.91 Å². The summed E-state index contributed by atoms with van der Waals surface area (Å²) >= 11 is 0. The maximum absolute atomic E-state index is 10.8. The third-order valence-corrected chi connectivity index (χ3v) is 1.12. The molecular formula is C6H14N2O2. The van der Waals surface area contributed by atoms with Crippen molar-refractivity contribution in [1.82, 2.24) is 5.32 Å². The van der Waals surface area contributed by atoms with Crippen LogP contribution in [0.25, 0.3) is 0 Å². The van der Waals surface area contributed by atoms with Crippen molar-refractivity contribution in [3.05, 3.63) is 0 Å². The number of nitrogens with two attached hydrogens (primary N) is 1. The molecule has 3 N–H and O–H groups in total. The summed E-state index contributed by atoms with van der Waals surface area (Å²) in [6.45, 7) is 4.26. The Balaban J connectivity index is 3.42. The van der Waals surface area contributed by atoms with Gasteiger partial charge in [0, 0.05) is 6.54 Å². The van der Waals surface area contributed by atoms with E-state index < -0.39 is 6.10 Å². The molecular weight excluding hydrogens is 132 g/mol. The van der Waals surface area contributed by atoms with Gasteiger partial charge in [-0.25, -0.2) is 5.90 Å². The predicted octanol–water partition coefficient (Wildman–Crippen LogP) is -0.209. The molecule has 1 amide bonds. The van der Waals surface area contributed by atoms with Crippen molar-refractivity contribution in [2.75, 3.05) is 6.54 Å². The number of rotatable bonds is 4. The molecule has 0 heterocycles. The number of carbonyl (C=O) groups is 1. The first-order chi connectivity index (χ1) is 4.72. The molecule has 1 unspecified atom stereocenters. The fourth-order valence-electron chi connectivity index (χ4n) is 0.454. The third kappa shape index (κ3) is 3.42. The third-order valence-electron chi connectivity index (χ3n) is 1.12. The molecule has 0 aliphatic rings. The smallest absolute Gasteiger partial charge is 0.250 e. The second kappa shape index (κ2) is 5.20. The van der Waals surface area contributed by atoms with E-state index in [9.17, 15) is 4.79 Å². The monoisotopic (exact) mass is 146 g/mol. The number of amides is 1. The van der Waals surface area contributed by atoms with Crippen LogP contribution < -0.4 is 11.2 Å². The van der Waals surface area contributed by atoms with Crippen molar-refractivity contribution in [3.63, 3.8) is 0 Å². The largest absolute Gasteiger partial charge is 0.354 e. The van der Waals surface area contributed by atoms with Crippen LogP contribution in [0.15, 0.2) is 0 Å². The Bertz CT molecular complexity index is 106. The average Bonchev–Trinajstić information content (AvgIpc) is 1.98. The lowest BCUT2D eigenvalue weighted by atomic mass is 10.3. The van der Waals surface area contributed by atoms with Gasteiger partial charge in [-0.2, -0.15) is 0 Å². The molecule has 0 rings (SSSR count). The van der Waals surface area contributed by atoms with Crippen molar-refractivity contribution in [3.8, 4) is 0 Å². The van der Waals surface area contributed by atoms with E-state index in [1.807, 2.05) is 6.92 Å². The minimum atomic E-state index is -0.549. The Morgan fingerprint density at radius 2 is 2.40 bits per heavy atom. The van der Waals surface area contributed by atoms with Gasteiger partial charge >= 0.3 is 0 Å². The lowest BCUT2D eigenvalue weighted by Crippen LogP contribution is -2.36. The first-order valence-electron chi connectivity index (χ1n) is 3.35. The van der Waals surface area contributed by atoms with Gasteiger partial charge in [0.05, 0.1) is 0 Å². The first kappa shape index (κ1) is 9.39. The summed E-state index contributed by atoms with van der Waals surface area (Å²) in [4.78, 5) is 15.1. The minimum absolute atomic E-state index is 0.163. The van der Waals surface area contributed by atoms with E-state index in [-0.39, 0.29) is 5.91 Å². The quantitative estimate of drug-likeness (QED) is 0.539. The molecule has 0 aliphatic carbocycles. The van der Waals surface area contributed by atoms with Gasteiger partial charge in [-0.15, -0.1) is 0 Å². The van der Waals surface area contributed by atoms with Crippen LogP contribution in [0.3, 0.4) is 0 Å². The average molecular weight is 146 g/mol. The highest BCUT2D eigenvalue weighted by Crippen LogP contribution is 1.84. The van der Waals surface area contributed by atoms with Crippen molar-refractivity contribution in [2.24, 2.45) is 5.90 Å². The van der Waals surface area contributed by atoms with Crippen LogP contribution in [-0.2, 0) is 9.63 Å². The van der Waals surface area contributed by atoms with Gasteiger partial charge in [-0.3, -0.25) is 9.63 Å². The molecule has 1 atom stereocenters. The zero-order valence-electron chi connectivity index (χ0n) is 6.39. The summed E-state index contributed by atoms with van der Waals surface area (Å²) in [6, 6.07) is 0. The number of carbonyl (C=O) groups excluding carboxylic acids is 1. The van der Waals surface area contributed by atoms with Crippen LogP contribution in [0.2, 0.25) is 0 Å². The number of nitrogens with one attached hydrogen (secondary N) is 1. The molecule has 60 valence electrons. The Kier molecular flexibility index (Phi) is 4.88. The molecule has 10 heavy (non-hydrogen) atoms. The van der Waals surface area contributed by atoms with E-state index in [1.165, 1.54) is 0 Å². The van der Waals surface area contributed by atoms with Gasteiger partial charge in [-0.1, -0.05) is 6.92 Å². The molecule has 0 saturated carbocycles. The highest BCUT2D eigenvalue weighted by atomic mass is 16.6. The number of hydrogen-bond acceptors (Lipinski definition) is 3. The summed E-state index contributed by atoms with van der Waals surface area (Å²) in [6.07, 6.45) is 0.370. The van der Waals surface area contributed by atoms with E-state index >= 15 is 0 Å². The van der Waals surface area contributed by atoms with Gasteiger partial charge in [0.25, 0.3) is 5.91 Å². The zero-order valence-corrected chi connectivity index (χ0v) is 6.39. The van der Waals surface area contributed by atoms with E-state index in [4.69, 9.17) is 5.90 Å². The summed E-state index contributed by atoms with van der Waals surface area (Å²) in [7, 11) is 0. The molecule has 0 spiro atoms. The van der Waals surface area contributed by atoms with E-state index in [0.717, 1.165) is 6.42 Å². The van der Waals surface area contributed by atoms with Crippen LogP contribution in [-0.4, -0.2) is 18.6 Å². The SMILES string of the molecule is CCCNC(=O)C(C)ON. The van der Waals surface area contributed by atoms with Crippen LogP contribution in [0, 0.1) is 0 Å². The van der Waals surface area contributed by atoms with E-state index in [1.54, 1.807) is 6.92 Å². The van der Waals surface area contributed by atoms with Crippen LogP contribution in [0.4, 0.5) is 0 Å². The summed E-state index contributed by atoms with van der Waals surface area (Å²) < 4.78 is 0. The summed E-state index contributed by atoms with van der Waals surface area (Å²) in [5, 5.41) is 2.64. The summed E-state index contributed by atoms with van der Waals surface area (Å²) in [5.41, 5.74) is 0. The van der Waals surface area contributed by atoms with Crippen LogP contribution in [0.5, 0.6) is 0 Å². The van der Waals surface area contributed by atoms with Crippen LogP contribution in [0.1, 0.15) is 20.3 Å². The molecule has 0 radical (unpaired) electrons. The topological polar surface area (TPSA) is 64.3 Å². The van der Waals surface area contributed by atoms with Crippen molar-refractivity contribution in [1.29, 1.82) is 0 Å². The van der Waals surface area contributed by atoms with Crippen molar-refractivity contribution in [2.45, 2.75) is 26.4 Å². The lowest BCUT2D eigenvalue weighted by Gasteiger charge is -2.07. The molecule has 0 saturated heterocycles. The molecule has 0 aromatic carbocycles. The second-order valence-corrected chi connectivity index (χ2v) is 2.07. The number of hydrogen-bond donors (Lipinski definition) is 2. The van der Waals surface area contributed by atoms with Crippen molar-refractivity contribution < 1.29 is 9.63 Å². The molecule has 0 fully saturated rings. The van der Waals surface area contributed by atoms with E-state index in [0.29, 0.717) is 6.54 Å². The van der Waals surface area contributed by atoms with Gasteiger partial charge < -0.3 is 5.32 Å². The molecule has 0 bridgehead atoms. The predicted molar refractivity (Wildman–Crippen MR) is 38.0 cm³/mol. The fraction of sp³-hybridized carbons (Fsp3) is 0.833. The molecule has 0 aromatic rings. The fourth-order valence-corrected chi connectivity index (χ4v) is 0.454. The highest BCUT2D eigenvalue weighted by molar-refractivity contribution is 5.80. The first-order valence-corrected chi connectivity index (χ1v) is 3.35. The van der Waals surface area contributed by atoms with Gasteiger partial charge in [0.1, 0.15) is 0 Å². The normalized spacial score (nSPS) is 12.7. The minimum Gasteiger partial charge on any atom is -0.354 e. The second-order valence-electron chi connectivity index (χ2n) is 2.07. The Morgan fingerprint density at radius 3 is 2.80 bits per heavy atom. The molecule has 0 aromatic heterocycles. The Hall–Kier alpha value is -0.610. The standard InChI is InChI=1S/C6H14N2O2/c1-3-4-8-6(9)5(2)10-7/h5H,3-4,7H2,1-2H3,(H,8,9). The lowest BCUT2D eigenvalue weighted by molar-refractivity contribution is -0.131. The van der Waals surface area contributed by atoms with Crippen LogP contribution >= 0.6 is 0 Å². The molecule has 0 aliphatic heterocycles. The summed E-state index contributed by atoms with van der Waals surface area (Å²) in [5.74, 6) is 4.62. The maximum atomic E-state index is 10.8. The van der Waals surface area contributed by atoms with E-state index in [2.05, 4.69) is 10.2 Å². The Labute approximate surface area is 60.7 Å². The molecule has 4 heteroatoms. The van der Waals surface area contributed by atoms with Gasteiger partial charge in [0.2, 0.25) is 0 Å². The molecule has 4 nitrogen and oxygen atoms in total. The zero-order chi connectivity index (χ0) is 7.98. The van der Waals surface area contributed by atoms with Gasteiger partial charge in [-0.05, 0) is 13.3 Å². The van der Waals surface area contributed by atoms with Gasteiger partial charge in [0.15, 0.2) is 6.10 Å². The maximum Gasteiger partial charge on any atom is 0.250 e. The highest BCUT2D eigenvalue weighted by Gasteiger charge is 2.09. The Morgan fingerprint density at radius 1 is 1.80 bits per heavy atom.